The number of rotatable bonds is 11. The summed E-state index contributed by atoms with van der Waals surface area (Å²) in [6, 6.07) is 17.7. The number of aryl methyl sites for hydroxylation is 1. The quantitative estimate of drug-likeness (QED) is 0.178. The van der Waals surface area contributed by atoms with Crippen LogP contribution in [0.1, 0.15) is 24.7 Å². The lowest BCUT2D eigenvalue weighted by molar-refractivity contribution is -0.145. The monoisotopic (exact) mass is 496 g/mol. The fourth-order valence-corrected chi connectivity index (χ4v) is 5.26. The van der Waals surface area contributed by atoms with Gasteiger partial charge in [0.1, 0.15) is 6.42 Å². The molecule has 0 aliphatic rings. The molecule has 4 rings (SSSR count). The average molecular weight is 497 g/mol. The second-order valence-corrected chi connectivity index (χ2v) is 9.45. The van der Waals surface area contributed by atoms with E-state index in [9.17, 15) is 14.4 Å². The van der Waals surface area contributed by atoms with Gasteiger partial charge >= 0.3 is 10.8 Å². The van der Waals surface area contributed by atoms with Crippen molar-refractivity contribution < 1.29 is 14.3 Å². The molecule has 10 heteroatoms. The van der Waals surface area contributed by atoms with Gasteiger partial charge in [0.15, 0.2) is 16.8 Å². The number of nitrogens with zero attached hydrogens (tertiary/aromatic N) is 4. The number of hydrogen-bond donors (Lipinski definition) is 0. The van der Waals surface area contributed by atoms with Crippen molar-refractivity contribution in [3.05, 3.63) is 75.7 Å². The number of esters is 1. The zero-order valence-corrected chi connectivity index (χ0v) is 20.3. The van der Waals surface area contributed by atoms with Crippen LogP contribution in [0, 0.1) is 0 Å². The van der Waals surface area contributed by atoms with E-state index in [-0.39, 0.29) is 36.0 Å². The summed E-state index contributed by atoms with van der Waals surface area (Å²) in [6.07, 6.45) is 0.484. The minimum atomic E-state index is -0.525. The second kappa shape index (κ2) is 11.3. The first-order valence-electron chi connectivity index (χ1n) is 10.9. The molecule has 176 valence electrons. The largest absolute Gasteiger partial charge is 0.466 e. The second-order valence-electron chi connectivity index (χ2n) is 7.52. The smallest absolute Gasteiger partial charge is 0.313 e. The van der Waals surface area contributed by atoms with Crippen LogP contribution in [0.15, 0.2) is 64.5 Å². The first-order chi connectivity index (χ1) is 16.5. The van der Waals surface area contributed by atoms with Gasteiger partial charge in [-0.2, -0.15) is 0 Å². The molecule has 0 aliphatic heterocycles. The van der Waals surface area contributed by atoms with Gasteiger partial charge in [-0.25, -0.2) is 0 Å². The number of benzene rings is 2. The Kier molecular flexibility index (Phi) is 7.91. The van der Waals surface area contributed by atoms with Crippen LogP contribution in [0.3, 0.4) is 0 Å². The molecule has 2 aromatic carbocycles. The molecular formula is C24H24N4O4S2. The van der Waals surface area contributed by atoms with Gasteiger partial charge in [0.25, 0.3) is 0 Å². The SMILES string of the molecule is CCOC(=O)CC(=O)CSc1nnc(Cn2c(=O)sc3ccccc32)n1CCc1ccccc1. The summed E-state index contributed by atoms with van der Waals surface area (Å²) in [6.45, 7) is 2.82. The van der Waals surface area contributed by atoms with Crippen molar-refractivity contribution in [2.75, 3.05) is 12.4 Å². The molecule has 0 bridgehead atoms. The van der Waals surface area contributed by atoms with Crippen LogP contribution in [-0.4, -0.2) is 43.4 Å². The van der Waals surface area contributed by atoms with E-state index in [1.54, 1.807) is 11.5 Å². The molecule has 0 N–H and O–H groups in total. The Morgan fingerprint density at radius 2 is 1.79 bits per heavy atom. The first-order valence-corrected chi connectivity index (χ1v) is 12.7. The van der Waals surface area contributed by atoms with Crippen molar-refractivity contribution in [1.29, 1.82) is 0 Å². The number of fused-ring (bicyclic) bond motifs is 1. The van der Waals surface area contributed by atoms with Crippen LogP contribution >= 0.6 is 23.1 Å². The van der Waals surface area contributed by atoms with Crippen molar-refractivity contribution in [3.63, 3.8) is 0 Å². The molecule has 0 amide bonds. The van der Waals surface area contributed by atoms with E-state index in [0.717, 1.165) is 22.2 Å². The number of para-hydroxylation sites is 1. The highest BCUT2D eigenvalue weighted by Crippen LogP contribution is 2.21. The molecule has 2 aromatic heterocycles. The van der Waals surface area contributed by atoms with Crippen LogP contribution < -0.4 is 4.87 Å². The Labute approximate surface area is 204 Å². The minimum Gasteiger partial charge on any atom is -0.466 e. The van der Waals surface area contributed by atoms with Gasteiger partial charge in [0, 0.05) is 6.54 Å². The van der Waals surface area contributed by atoms with Gasteiger partial charge in [-0.1, -0.05) is 65.6 Å². The van der Waals surface area contributed by atoms with Gasteiger partial charge < -0.3 is 9.30 Å². The third-order valence-electron chi connectivity index (χ3n) is 5.14. The molecule has 34 heavy (non-hydrogen) atoms. The van der Waals surface area contributed by atoms with Gasteiger partial charge in [-0.05, 0) is 31.0 Å². The van der Waals surface area contributed by atoms with Crippen LogP contribution in [0.25, 0.3) is 10.2 Å². The van der Waals surface area contributed by atoms with E-state index in [1.807, 2.05) is 47.0 Å². The van der Waals surface area contributed by atoms with Crippen LogP contribution in [0.2, 0.25) is 0 Å². The van der Waals surface area contributed by atoms with Crippen molar-refractivity contribution in [2.24, 2.45) is 0 Å². The Morgan fingerprint density at radius 1 is 1.03 bits per heavy atom. The van der Waals surface area contributed by atoms with E-state index < -0.39 is 5.97 Å². The predicted octanol–water partition coefficient (Wildman–Crippen LogP) is 3.56. The summed E-state index contributed by atoms with van der Waals surface area (Å²) in [7, 11) is 0. The molecule has 0 atom stereocenters. The predicted molar refractivity (Wildman–Crippen MR) is 132 cm³/mol. The Morgan fingerprint density at radius 3 is 2.59 bits per heavy atom. The van der Waals surface area contributed by atoms with E-state index >= 15 is 0 Å². The number of hydrogen-bond acceptors (Lipinski definition) is 8. The zero-order valence-electron chi connectivity index (χ0n) is 18.7. The number of thioether (sulfide) groups is 1. The van der Waals surface area contributed by atoms with Crippen LogP contribution in [-0.2, 0) is 33.8 Å². The molecular weight excluding hydrogens is 472 g/mol. The van der Waals surface area contributed by atoms with Gasteiger partial charge in [-0.3, -0.25) is 19.0 Å². The highest BCUT2D eigenvalue weighted by molar-refractivity contribution is 7.99. The van der Waals surface area contributed by atoms with Gasteiger partial charge in [0.2, 0.25) is 0 Å². The minimum absolute atomic E-state index is 0.0578. The van der Waals surface area contributed by atoms with Crippen LogP contribution in [0.5, 0.6) is 0 Å². The van der Waals surface area contributed by atoms with Crippen molar-refractivity contribution in [3.8, 4) is 0 Å². The van der Waals surface area contributed by atoms with E-state index in [1.165, 1.54) is 23.1 Å². The lowest BCUT2D eigenvalue weighted by atomic mass is 10.1. The fourth-order valence-electron chi connectivity index (χ4n) is 3.53. The number of ether oxygens (including phenoxy) is 1. The number of thiazole rings is 1. The topological polar surface area (TPSA) is 96.1 Å². The highest BCUT2D eigenvalue weighted by atomic mass is 32.2. The highest BCUT2D eigenvalue weighted by Gasteiger charge is 2.18. The molecule has 8 nitrogen and oxygen atoms in total. The third kappa shape index (κ3) is 5.81. The zero-order chi connectivity index (χ0) is 23.9. The summed E-state index contributed by atoms with van der Waals surface area (Å²) < 4.78 is 9.42. The molecule has 4 aromatic rings. The average Bonchev–Trinajstić information content (AvgIpc) is 3.37. The molecule has 0 radical (unpaired) electrons. The lowest BCUT2D eigenvalue weighted by Gasteiger charge is -2.11. The third-order valence-corrected chi connectivity index (χ3v) is 7.13. The van der Waals surface area contributed by atoms with Gasteiger partial charge in [0.05, 0.1) is 29.1 Å². The van der Waals surface area contributed by atoms with Gasteiger partial charge in [-0.15, -0.1) is 10.2 Å². The molecule has 0 saturated heterocycles. The summed E-state index contributed by atoms with van der Waals surface area (Å²) in [5.41, 5.74) is 2.02. The van der Waals surface area contributed by atoms with Crippen molar-refractivity contribution in [1.82, 2.24) is 19.3 Å². The molecule has 2 heterocycles. The summed E-state index contributed by atoms with van der Waals surface area (Å²) in [5, 5.41) is 9.23. The molecule has 0 spiro atoms. The normalized spacial score (nSPS) is 11.1. The van der Waals surface area contributed by atoms with Crippen molar-refractivity contribution in [2.45, 2.75) is 38.0 Å². The number of Topliss-reactive ketones (excluding diaryl/α,β-unsaturated/α-hetero) is 1. The number of carbonyl (C=O) groups is 2. The Bertz CT molecular complexity index is 1340. The molecule has 0 aliphatic carbocycles. The Hall–Kier alpha value is -3.24. The number of aromatic nitrogens is 4. The lowest BCUT2D eigenvalue weighted by Crippen LogP contribution is -2.18. The molecule has 0 saturated carbocycles. The first kappa shape index (κ1) is 23.9. The van der Waals surface area contributed by atoms with E-state index in [0.29, 0.717) is 17.5 Å². The summed E-state index contributed by atoms with van der Waals surface area (Å²) in [4.78, 5) is 36.4. The maximum Gasteiger partial charge on any atom is 0.313 e. The standard InChI is InChI=1S/C24H24N4O4S2/c1-2-32-22(30)14-18(29)16-33-23-26-25-21(27(23)13-12-17-8-4-3-5-9-17)15-28-19-10-6-7-11-20(19)34-24(28)31/h3-11H,2,12-16H2,1H3. The number of carbonyl (C=O) groups excluding carboxylic acids is 2. The summed E-state index contributed by atoms with van der Waals surface area (Å²) >= 11 is 2.44. The summed E-state index contributed by atoms with van der Waals surface area (Å²) in [5.74, 6) is -0.0310. The Balaban J connectivity index is 1.56. The molecule has 0 fully saturated rings. The number of ketones is 1. The van der Waals surface area contributed by atoms with E-state index in [4.69, 9.17) is 4.74 Å². The fraction of sp³-hybridized carbons (Fsp3) is 0.292. The van der Waals surface area contributed by atoms with E-state index in [2.05, 4.69) is 22.3 Å². The van der Waals surface area contributed by atoms with Crippen LogP contribution in [0.4, 0.5) is 0 Å². The maximum absolute atomic E-state index is 12.6. The van der Waals surface area contributed by atoms with Crippen molar-refractivity contribution >= 4 is 45.1 Å². The maximum atomic E-state index is 12.6. The molecule has 0 unspecified atom stereocenters.